The van der Waals surface area contributed by atoms with Crippen LogP contribution in [0, 0.1) is 11.6 Å². The highest BCUT2D eigenvalue weighted by Crippen LogP contribution is 2.31. The van der Waals surface area contributed by atoms with Crippen molar-refractivity contribution < 1.29 is 18.8 Å². The first-order chi connectivity index (χ1) is 11.0. The molecule has 23 heavy (non-hydrogen) atoms. The summed E-state index contributed by atoms with van der Waals surface area (Å²) in [6.45, 7) is -0.119. The van der Waals surface area contributed by atoms with Crippen molar-refractivity contribution in [1.82, 2.24) is 5.06 Å². The summed E-state index contributed by atoms with van der Waals surface area (Å²) in [6, 6.07) is 9.22. The Kier molecular flexibility index (Phi) is 5.72. The summed E-state index contributed by atoms with van der Waals surface area (Å²) < 4.78 is 26.4. The molecule has 0 saturated heterocycles. The van der Waals surface area contributed by atoms with Crippen LogP contribution in [0.5, 0.6) is 0 Å². The van der Waals surface area contributed by atoms with E-state index >= 15 is 0 Å². The van der Waals surface area contributed by atoms with Crippen LogP contribution in [0.3, 0.4) is 0 Å². The van der Waals surface area contributed by atoms with Gasteiger partial charge in [0.1, 0.15) is 11.6 Å². The Morgan fingerprint density at radius 3 is 2.48 bits per heavy atom. The van der Waals surface area contributed by atoms with E-state index in [2.05, 4.69) is 0 Å². The molecule has 0 atom stereocenters. The normalized spacial score (nSPS) is 10.9. The minimum Gasteiger partial charge on any atom is -0.350 e. The van der Waals surface area contributed by atoms with Gasteiger partial charge >= 0.3 is 6.03 Å². The van der Waals surface area contributed by atoms with Crippen LogP contribution in [0.15, 0.2) is 58.3 Å². The van der Waals surface area contributed by atoms with Crippen molar-refractivity contribution in [3.05, 3.63) is 65.7 Å². The van der Waals surface area contributed by atoms with Crippen molar-refractivity contribution in [3.8, 4) is 0 Å². The van der Waals surface area contributed by atoms with E-state index in [0.717, 1.165) is 9.79 Å². The number of nitrogens with two attached hydrogens (primary N) is 1. The molecule has 7 heteroatoms. The molecule has 0 aromatic heterocycles. The zero-order valence-electron chi connectivity index (χ0n) is 11.9. The molecular weight excluding hydrogens is 322 g/mol. The largest absolute Gasteiger partial charge is 0.350 e. The fourth-order valence-corrected chi connectivity index (χ4v) is 2.65. The number of amides is 2. The summed E-state index contributed by atoms with van der Waals surface area (Å²) in [5, 5.41) is 9.52. The third-order valence-electron chi connectivity index (χ3n) is 2.84. The van der Waals surface area contributed by atoms with Crippen molar-refractivity contribution in [3.63, 3.8) is 0 Å². The highest BCUT2D eigenvalue weighted by Gasteiger charge is 2.06. The summed E-state index contributed by atoms with van der Waals surface area (Å²) in [4.78, 5) is 12.2. The highest BCUT2D eigenvalue weighted by atomic mass is 32.2. The van der Waals surface area contributed by atoms with Gasteiger partial charge in [0, 0.05) is 9.79 Å². The lowest BCUT2D eigenvalue weighted by Crippen LogP contribution is -2.32. The van der Waals surface area contributed by atoms with E-state index in [1.165, 1.54) is 42.1 Å². The number of hydrogen-bond donors (Lipinski definition) is 2. The van der Waals surface area contributed by atoms with E-state index in [4.69, 9.17) is 5.73 Å². The van der Waals surface area contributed by atoms with Crippen molar-refractivity contribution in [2.24, 2.45) is 5.73 Å². The first-order valence-electron chi connectivity index (χ1n) is 6.61. The summed E-state index contributed by atoms with van der Waals surface area (Å²) in [6.07, 6.45) is 3.05. The molecule has 4 nitrogen and oxygen atoms in total. The summed E-state index contributed by atoms with van der Waals surface area (Å²) in [5.74, 6) is -0.744. The van der Waals surface area contributed by atoms with E-state index in [-0.39, 0.29) is 12.4 Å². The molecule has 120 valence electrons. The number of hydroxylamine groups is 2. The number of nitrogens with zero attached hydrogens (tertiary/aromatic N) is 1. The molecule has 0 aliphatic carbocycles. The SMILES string of the molecule is NC(=O)N(O)CC=Cc1cc(F)ccc1Sc1ccc(F)cc1. The van der Waals surface area contributed by atoms with E-state index in [0.29, 0.717) is 10.6 Å². The zero-order valence-corrected chi connectivity index (χ0v) is 12.8. The van der Waals surface area contributed by atoms with Crippen LogP contribution in [0.2, 0.25) is 0 Å². The minimum atomic E-state index is -0.977. The number of carbonyl (C=O) groups excluding carboxylic acids is 1. The van der Waals surface area contributed by atoms with Crippen LogP contribution in [-0.2, 0) is 0 Å². The van der Waals surface area contributed by atoms with Crippen LogP contribution in [0.1, 0.15) is 5.56 Å². The van der Waals surface area contributed by atoms with Crippen LogP contribution in [0.4, 0.5) is 13.6 Å². The highest BCUT2D eigenvalue weighted by molar-refractivity contribution is 7.99. The maximum Gasteiger partial charge on any atom is 0.338 e. The predicted octanol–water partition coefficient (Wildman–Crippen LogP) is 3.90. The molecule has 0 aliphatic heterocycles. The first-order valence-corrected chi connectivity index (χ1v) is 7.43. The fraction of sp³-hybridized carbons (Fsp3) is 0.0625. The van der Waals surface area contributed by atoms with E-state index in [9.17, 15) is 18.8 Å². The maximum atomic E-state index is 13.4. The van der Waals surface area contributed by atoms with Crippen LogP contribution in [-0.4, -0.2) is 22.8 Å². The molecular formula is C16H14F2N2O2S. The second kappa shape index (κ2) is 7.75. The summed E-state index contributed by atoms with van der Waals surface area (Å²) in [5.41, 5.74) is 5.46. The Morgan fingerprint density at radius 1 is 1.17 bits per heavy atom. The van der Waals surface area contributed by atoms with Crippen molar-refractivity contribution in [1.29, 1.82) is 0 Å². The Balaban J connectivity index is 2.18. The number of urea groups is 1. The Morgan fingerprint density at radius 2 is 1.83 bits per heavy atom. The Labute approximate surface area is 136 Å². The standard InChI is InChI=1S/C16H14F2N2O2S/c17-12-3-6-14(7-4-12)23-15-8-5-13(18)10-11(15)2-1-9-20(22)16(19)21/h1-8,10,22H,9H2,(H2,19,21). The van der Waals surface area contributed by atoms with E-state index in [1.54, 1.807) is 24.3 Å². The van der Waals surface area contributed by atoms with Gasteiger partial charge in [-0.2, -0.15) is 0 Å². The Hall–Kier alpha value is -2.38. The van der Waals surface area contributed by atoms with Crippen LogP contribution < -0.4 is 5.73 Å². The molecule has 0 fully saturated rings. The Bertz CT molecular complexity index is 721. The maximum absolute atomic E-state index is 13.4. The molecule has 0 saturated carbocycles. The van der Waals surface area contributed by atoms with E-state index in [1.807, 2.05) is 0 Å². The number of rotatable bonds is 5. The predicted molar refractivity (Wildman–Crippen MR) is 84.0 cm³/mol. The van der Waals surface area contributed by atoms with Gasteiger partial charge in [-0.1, -0.05) is 23.9 Å². The van der Waals surface area contributed by atoms with Gasteiger partial charge in [0.15, 0.2) is 0 Å². The molecule has 0 heterocycles. The lowest BCUT2D eigenvalue weighted by molar-refractivity contribution is -0.0286. The molecule has 0 radical (unpaired) electrons. The van der Waals surface area contributed by atoms with Crippen LogP contribution in [0.25, 0.3) is 6.08 Å². The van der Waals surface area contributed by atoms with Gasteiger partial charge in [-0.15, -0.1) is 0 Å². The average molecular weight is 336 g/mol. The lowest BCUT2D eigenvalue weighted by Gasteiger charge is -2.09. The minimum absolute atomic E-state index is 0.119. The number of primary amides is 1. The van der Waals surface area contributed by atoms with E-state index < -0.39 is 11.8 Å². The molecule has 0 spiro atoms. The zero-order chi connectivity index (χ0) is 16.8. The van der Waals surface area contributed by atoms with Gasteiger partial charge < -0.3 is 5.73 Å². The van der Waals surface area contributed by atoms with Crippen molar-refractivity contribution in [2.75, 3.05) is 6.54 Å². The van der Waals surface area contributed by atoms with Gasteiger partial charge in [0.05, 0.1) is 6.54 Å². The fourth-order valence-electron chi connectivity index (χ4n) is 1.74. The summed E-state index contributed by atoms with van der Waals surface area (Å²) in [7, 11) is 0. The smallest absolute Gasteiger partial charge is 0.338 e. The topological polar surface area (TPSA) is 66.6 Å². The number of carbonyl (C=O) groups is 1. The quantitative estimate of drug-likeness (QED) is 0.643. The molecule has 2 aromatic rings. The molecule has 3 N–H and O–H groups in total. The number of halogens is 2. The molecule has 2 rings (SSSR count). The second-order valence-corrected chi connectivity index (χ2v) is 5.68. The average Bonchev–Trinajstić information content (AvgIpc) is 2.51. The molecule has 0 aliphatic rings. The lowest BCUT2D eigenvalue weighted by atomic mass is 10.2. The van der Waals surface area contributed by atoms with Gasteiger partial charge in [-0.3, -0.25) is 5.21 Å². The molecule has 0 bridgehead atoms. The van der Waals surface area contributed by atoms with Gasteiger partial charge in [-0.25, -0.2) is 18.6 Å². The monoisotopic (exact) mass is 336 g/mol. The molecule has 2 aromatic carbocycles. The third kappa shape index (κ3) is 5.08. The number of hydrogen-bond acceptors (Lipinski definition) is 3. The van der Waals surface area contributed by atoms with Crippen molar-refractivity contribution >= 4 is 23.9 Å². The second-order valence-electron chi connectivity index (χ2n) is 4.56. The van der Waals surface area contributed by atoms with Crippen molar-refractivity contribution in [2.45, 2.75) is 9.79 Å². The molecule has 2 amide bonds. The van der Waals surface area contributed by atoms with Crippen LogP contribution >= 0.6 is 11.8 Å². The number of benzene rings is 2. The molecule has 0 unspecified atom stereocenters. The van der Waals surface area contributed by atoms with Gasteiger partial charge in [0.2, 0.25) is 0 Å². The summed E-state index contributed by atoms with van der Waals surface area (Å²) >= 11 is 1.34. The van der Waals surface area contributed by atoms with Gasteiger partial charge in [0.25, 0.3) is 0 Å². The van der Waals surface area contributed by atoms with Gasteiger partial charge in [-0.05, 0) is 48.0 Å². The third-order valence-corrected chi connectivity index (χ3v) is 3.94. The first kappa shape index (κ1) is 17.0.